The number of likely N-dealkylation sites (tertiary alicyclic amines) is 1. The number of amides is 1. The number of ether oxygens (including phenoxy) is 1. The van der Waals surface area contributed by atoms with E-state index in [4.69, 9.17) is 4.74 Å². The summed E-state index contributed by atoms with van der Waals surface area (Å²) in [4.78, 5) is 27.9. The third kappa shape index (κ3) is 3.52. The zero-order chi connectivity index (χ0) is 17.0. The van der Waals surface area contributed by atoms with Crippen LogP contribution in [0.1, 0.15) is 19.3 Å². The molecule has 1 atom stereocenters. The predicted octanol–water partition coefficient (Wildman–Crippen LogP) is 0.626. The number of likely N-dealkylation sites (N-methyl/N-ethyl adjacent to an activating group) is 1. The lowest BCUT2D eigenvalue weighted by atomic mass is 9.86. The van der Waals surface area contributed by atoms with Gasteiger partial charge in [0.25, 0.3) is 0 Å². The summed E-state index contributed by atoms with van der Waals surface area (Å²) < 4.78 is 5.14. The first-order chi connectivity index (χ1) is 11.6. The van der Waals surface area contributed by atoms with Crippen molar-refractivity contribution in [2.24, 2.45) is 0 Å². The number of carbonyl (C=O) groups excluding carboxylic acids is 1. The van der Waals surface area contributed by atoms with Gasteiger partial charge in [-0.15, -0.1) is 0 Å². The number of nitrogens with zero attached hydrogens (tertiary/aromatic N) is 5. The number of anilines is 1. The molecule has 1 amide bonds. The van der Waals surface area contributed by atoms with Gasteiger partial charge in [0.2, 0.25) is 11.9 Å². The van der Waals surface area contributed by atoms with Gasteiger partial charge in [0.05, 0.1) is 6.61 Å². The van der Waals surface area contributed by atoms with Crippen molar-refractivity contribution < 1.29 is 9.53 Å². The molecule has 1 unspecified atom stereocenters. The van der Waals surface area contributed by atoms with Crippen LogP contribution in [0.15, 0.2) is 18.5 Å². The SMILES string of the molecule is COCCN1CCC2(CCC1=O)CN(c1ncccn1)CCN2C. The van der Waals surface area contributed by atoms with Gasteiger partial charge < -0.3 is 14.5 Å². The molecule has 7 nitrogen and oxygen atoms in total. The van der Waals surface area contributed by atoms with Crippen molar-refractivity contribution >= 4 is 11.9 Å². The number of hydrogen-bond donors (Lipinski definition) is 0. The van der Waals surface area contributed by atoms with E-state index in [1.54, 1.807) is 19.5 Å². The van der Waals surface area contributed by atoms with Crippen LogP contribution in [-0.4, -0.2) is 84.7 Å². The second-order valence-electron chi connectivity index (χ2n) is 6.74. The summed E-state index contributed by atoms with van der Waals surface area (Å²) in [7, 11) is 3.86. The molecule has 0 saturated carbocycles. The van der Waals surface area contributed by atoms with Crippen LogP contribution < -0.4 is 4.90 Å². The van der Waals surface area contributed by atoms with Crippen LogP contribution in [0.3, 0.4) is 0 Å². The molecule has 1 aromatic rings. The molecule has 3 heterocycles. The van der Waals surface area contributed by atoms with E-state index in [0.29, 0.717) is 19.6 Å². The van der Waals surface area contributed by atoms with Gasteiger partial charge in [-0.1, -0.05) is 0 Å². The van der Waals surface area contributed by atoms with E-state index in [1.807, 2.05) is 11.0 Å². The Labute approximate surface area is 143 Å². The van der Waals surface area contributed by atoms with E-state index in [9.17, 15) is 4.79 Å². The number of aromatic nitrogens is 2. The van der Waals surface area contributed by atoms with Crippen molar-refractivity contribution in [3.63, 3.8) is 0 Å². The maximum Gasteiger partial charge on any atom is 0.225 e. The van der Waals surface area contributed by atoms with Crippen molar-refractivity contribution in [3.8, 4) is 0 Å². The maximum absolute atomic E-state index is 12.4. The summed E-state index contributed by atoms with van der Waals surface area (Å²) in [6.45, 7) is 4.82. The van der Waals surface area contributed by atoms with E-state index >= 15 is 0 Å². The highest BCUT2D eigenvalue weighted by molar-refractivity contribution is 5.76. The van der Waals surface area contributed by atoms with Crippen molar-refractivity contribution in [1.82, 2.24) is 19.8 Å². The maximum atomic E-state index is 12.4. The molecule has 0 aromatic carbocycles. The lowest BCUT2D eigenvalue weighted by molar-refractivity contribution is -0.131. The number of rotatable bonds is 4. The van der Waals surface area contributed by atoms with Gasteiger partial charge in [-0.25, -0.2) is 9.97 Å². The second kappa shape index (κ2) is 7.44. The Hall–Kier alpha value is -1.73. The second-order valence-corrected chi connectivity index (χ2v) is 6.74. The molecular weight excluding hydrogens is 306 g/mol. The number of hydrogen-bond acceptors (Lipinski definition) is 6. The van der Waals surface area contributed by atoms with Crippen LogP contribution in [0.4, 0.5) is 5.95 Å². The third-order valence-corrected chi connectivity index (χ3v) is 5.40. The van der Waals surface area contributed by atoms with E-state index < -0.39 is 0 Å². The molecule has 2 aliphatic heterocycles. The molecule has 0 bridgehead atoms. The lowest BCUT2D eigenvalue weighted by Crippen LogP contribution is -2.61. The highest BCUT2D eigenvalue weighted by Crippen LogP contribution is 2.33. The molecule has 1 spiro atoms. The summed E-state index contributed by atoms with van der Waals surface area (Å²) >= 11 is 0. The van der Waals surface area contributed by atoms with E-state index in [-0.39, 0.29) is 11.4 Å². The van der Waals surface area contributed by atoms with Gasteiger partial charge in [-0.3, -0.25) is 9.69 Å². The summed E-state index contributed by atoms with van der Waals surface area (Å²) in [6, 6.07) is 1.84. The monoisotopic (exact) mass is 333 g/mol. The van der Waals surface area contributed by atoms with Crippen LogP contribution in [0.5, 0.6) is 0 Å². The van der Waals surface area contributed by atoms with Gasteiger partial charge in [0.15, 0.2) is 0 Å². The normalized spacial score (nSPS) is 26.0. The average molecular weight is 333 g/mol. The van der Waals surface area contributed by atoms with Crippen molar-refractivity contribution in [3.05, 3.63) is 18.5 Å². The molecule has 24 heavy (non-hydrogen) atoms. The minimum Gasteiger partial charge on any atom is -0.383 e. The first-order valence-electron chi connectivity index (χ1n) is 8.64. The van der Waals surface area contributed by atoms with Crippen LogP contribution in [-0.2, 0) is 9.53 Å². The van der Waals surface area contributed by atoms with Gasteiger partial charge in [-0.05, 0) is 26.0 Å². The highest BCUT2D eigenvalue weighted by atomic mass is 16.5. The Morgan fingerprint density at radius 1 is 1.21 bits per heavy atom. The molecule has 0 radical (unpaired) electrons. The zero-order valence-electron chi connectivity index (χ0n) is 14.6. The highest BCUT2D eigenvalue weighted by Gasteiger charge is 2.42. The quantitative estimate of drug-likeness (QED) is 0.805. The Balaban J connectivity index is 1.74. The molecule has 2 fully saturated rings. The standard InChI is InChI=1S/C17H27N5O2/c1-20-10-11-22(16-18-7-3-8-19-16)14-17(20)5-4-15(23)21(9-6-17)12-13-24-2/h3,7-8H,4-6,9-14H2,1-2H3. The topological polar surface area (TPSA) is 61.8 Å². The first-order valence-corrected chi connectivity index (χ1v) is 8.64. The van der Waals surface area contributed by atoms with E-state index in [0.717, 1.165) is 45.0 Å². The smallest absolute Gasteiger partial charge is 0.225 e. The minimum absolute atomic E-state index is 0.00886. The van der Waals surface area contributed by atoms with Gasteiger partial charge in [-0.2, -0.15) is 0 Å². The number of piperazine rings is 1. The Morgan fingerprint density at radius 3 is 2.75 bits per heavy atom. The summed E-state index contributed by atoms with van der Waals surface area (Å²) in [5.74, 6) is 1.03. The Morgan fingerprint density at radius 2 is 2.00 bits per heavy atom. The Kier molecular flexibility index (Phi) is 5.30. The molecule has 2 aliphatic rings. The molecular formula is C17H27N5O2. The van der Waals surface area contributed by atoms with Crippen molar-refractivity contribution in [2.45, 2.75) is 24.8 Å². The van der Waals surface area contributed by atoms with Crippen molar-refractivity contribution in [1.29, 1.82) is 0 Å². The third-order valence-electron chi connectivity index (χ3n) is 5.40. The molecule has 0 N–H and O–H groups in total. The molecule has 2 saturated heterocycles. The Bertz CT molecular complexity index is 555. The molecule has 1 aromatic heterocycles. The fourth-order valence-electron chi connectivity index (χ4n) is 3.76. The van der Waals surface area contributed by atoms with Gasteiger partial charge in [0.1, 0.15) is 0 Å². The first kappa shape index (κ1) is 17.1. The summed E-state index contributed by atoms with van der Waals surface area (Å²) in [5.41, 5.74) is 0.00886. The average Bonchev–Trinajstić information content (AvgIpc) is 2.77. The molecule has 0 aliphatic carbocycles. The zero-order valence-corrected chi connectivity index (χ0v) is 14.6. The van der Waals surface area contributed by atoms with Crippen LogP contribution >= 0.6 is 0 Å². The van der Waals surface area contributed by atoms with E-state index in [1.165, 1.54) is 0 Å². The molecule has 7 heteroatoms. The van der Waals surface area contributed by atoms with Gasteiger partial charge >= 0.3 is 0 Å². The molecule has 132 valence electrons. The predicted molar refractivity (Wildman–Crippen MR) is 91.9 cm³/mol. The summed E-state index contributed by atoms with van der Waals surface area (Å²) in [5, 5.41) is 0. The van der Waals surface area contributed by atoms with E-state index in [2.05, 4.69) is 26.8 Å². The van der Waals surface area contributed by atoms with Crippen LogP contribution in [0, 0.1) is 0 Å². The minimum atomic E-state index is 0.00886. The fourth-order valence-corrected chi connectivity index (χ4v) is 3.76. The number of carbonyl (C=O) groups is 1. The van der Waals surface area contributed by atoms with Crippen molar-refractivity contribution in [2.75, 3.05) is 58.4 Å². The molecule has 3 rings (SSSR count). The van der Waals surface area contributed by atoms with Crippen LogP contribution in [0.25, 0.3) is 0 Å². The van der Waals surface area contributed by atoms with Crippen LogP contribution in [0.2, 0.25) is 0 Å². The number of methoxy groups -OCH3 is 1. The van der Waals surface area contributed by atoms with Gasteiger partial charge in [0, 0.05) is 64.2 Å². The lowest BCUT2D eigenvalue weighted by Gasteiger charge is -2.49. The summed E-state index contributed by atoms with van der Waals surface area (Å²) in [6.07, 6.45) is 6.03. The fraction of sp³-hybridized carbons (Fsp3) is 0.706. The largest absolute Gasteiger partial charge is 0.383 e.